The van der Waals surface area contributed by atoms with E-state index in [-0.39, 0.29) is 29.7 Å². The standard InChI is InChI=1S/C20H25NO.2BrH.Zr/c1-13-7-8-15(3)16(9-13)12-21-18-11-14(2)10-17(19(18)22)20(4,5)6;;;/h7-12,22H,1-6H3;2*1H;/q;;;+2/p-2. The molecule has 25 heavy (non-hydrogen) atoms. The maximum atomic E-state index is 10.5. The van der Waals surface area contributed by atoms with Crippen LogP contribution in [0.4, 0.5) is 5.69 Å². The van der Waals surface area contributed by atoms with Crippen molar-refractivity contribution in [3.8, 4) is 5.75 Å². The van der Waals surface area contributed by atoms with Crippen LogP contribution in [0.5, 0.6) is 5.75 Å². The number of aliphatic imine (C=N–C) groups is 1. The van der Waals surface area contributed by atoms with Crippen molar-refractivity contribution in [2.75, 3.05) is 0 Å². The van der Waals surface area contributed by atoms with Crippen LogP contribution in [0.15, 0.2) is 35.3 Å². The molecule has 0 radical (unpaired) electrons. The molecule has 0 aliphatic heterocycles. The molecule has 0 heterocycles. The van der Waals surface area contributed by atoms with E-state index in [9.17, 15) is 5.11 Å². The van der Waals surface area contributed by atoms with Crippen molar-refractivity contribution in [1.82, 2.24) is 0 Å². The molecule has 0 aliphatic carbocycles. The SMILES string of the molecule is Cc1ccc(C)c(C=Nc2cc(C)cc(C(C)(C)C)c2O)c1.[Br][Zr][Br]. The number of benzene rings is 2. The first-order chi connectivity index (χ1) is 11.6. The molecule has 0 aliphatic rings. The van der Waals surface area contributed by atoms with Gasteiger partial charge in [-0.3, -0.25) is 4.99 Å². The van der Waals surface area contributed by atoms with E-state index in [4.69, 9.17) is 0 Å². The number of phenols is 1. The van der Waals surface area contributed by atoms with E-state index < -0.39 is 0 Å². The molecule has 5 heteroatoms. The van der Waals surface area contributed by atoms with Crippen molar-refractivity contribution in [2.24, 2.45) is 4.99 Å². The number of phenolic OH excluding ortho intramolecular Hbond substituents is 1. The Morgan fingerprint density at radius 1 is 1.00 bits per heavy atom. The molecule has 0 atom stereocenters. The van der Waals surface area contributed by atoms with Crippen molar-refractivity contribution in [3.05, 3.63) is 58.1 Å². The van der Waals surface area contributed by atoms with Gasteiger partial charge in [-0.1, -0.05) is 50.6 Å². The fourth-order valence-electron chi connectivity index (χ4n) is 2.47. The summed E-state index contributed by atoms with van der Waals surface area (Å²) in [5.41, 5.74) is 6.02. The quantitative estimate of drug-likeness (QED) is 0.402. The molecular formula is C20H25Br2NOZr. The van der Waals surface area contributed by atoms with Crippen LogP contribution in [0, 0.1) is 20.8 Å². The second-order valence-corrected chi connectivity index (χ2v) is 18.5. The van der Waals surface area contributed by atoms with Crippen molar-refractivity contribution >= 4 is 36.3 Å². The molecule has 0 saturated heterocycles. The number of nitrogens with zero attached hydrogens (tertiary/aromatic N) is 1. The van der Waals surface area contributed by atoms with Crippen LogP contribution in [0.1, 0.15) is 48.6 Å². The average molecular weight is 546 g/mol. The van der Waals surface area contributed by atoms with E-state index in [2.05, 4.69) is 82.2 Å². The second-order valence-electron chi connectivity index (χ2n) is 7.12. The van der Waals surface area contributed by atoms with E-state index in [1.165, 1.54) is 11.1 Å². The topological polar surface area (TPSA) is 32.6 Å². The van der Waals surface area contributed by atoms with Gasteiger partial charge in [0.2, 0.25) is 0 Å². The first kappa shape index (κ1) is 22.8. The van der Waals surface area contributed by atoms with E-state index in [1.54, 1.807) is 0 Å². The Labute approximate surface area is 174 Å². The summed E-state index contributed by atoms with van der Waals surface area (Å²) in [6.07, 6.45) is 1.84. The fourth-order valence-corrected chi connectivity index (χ4v) is 2.47. The van der Waals surface area contributed by atoms with Gasteiger partial charge >= 0.3 is 43.0 Å². The van der Waals surface area contributed by atoms with Gasteiger partial charge in [0, 0.05) is 11.8 Å². The summed E-state index contributed by atoms with van der Waals surface area (Å²) in [6, 6.07) is 10.2. The minimum absolute atomic E-state index is 0.111. The Balaban J connectivity index is 0.000000970. The summed E-state index contributed by atoms with van der Waals surface area (Å²) in [4.78, 5) is 4.54. The summed E-state index contributed by atoms with van der Waals surface area (Å²) in [5.74, 6) is 0.277. The second kappa shape index (κ2) is 10.2. The van der Waals surface area contributed by atoms with Gasteiger partial charge in [-0.25, -0.2) is 0 Å². The van der Waals surface area contributed by atoms with Gasteiger partial charge in [0.1, 0.15) is 11.4 Å². The minimum atomic E-state index is -0.145. The summed E-state index contributed by atoms with van der Waals surface area (Å²) >= 11 is 6.32. The molecule has 0 amide bonds. The molecule has 0 aromatic heterocycles. The van der Waals surface area contributed by atoms with Crippen LogP contribution in [0.2, 0.25) is 0 Å². The zero-order valence-electron chi connectivity index (χ0n) is 15.6. The number of hydrogen-bond donors (Lipinski definition) is 1. The number of rotatable bonds is 2. The van der Waals surface area contributed by atoms with Crippen LogP contribution in [0.25, 0.3) is 0 Å². The van der Waals surface area contributed by atoms with Crippen LogP contribution in [-0.2, 0) is 24.0 Å². The van der Waals surface area contributed by atoms with Gasteiger partial charge in [-0.2, -0.15) is 0 Å². The number of aryl methyl sites for hydroxylation is 3. The Morgan fingerprint density at radius 2 is 1.60 bits per heavy atom. The third-order valence-electron chi connectivity index (χ3n) is 3.82. The van der Waals surface area contributed by atoms with Crippen molar-refractivity contribution in [1.29, 1.82) is 0 Å². The molecular weight excluding hydrogens is 521 g/mol. The fraction of sp³-hybridized carbons (Fsp3) is 0.350. The van der Waals surface area contributed by atoms with Crippen LogP contribution in [0.3, 0.4) is 0 Å². The molecule has 0 unspecified atom stereocenters. The summed E-state index contributed by atoms with van der Waals surface area (Å²) in [5, 5.41) is 10.5. The predicted molar refractivity (Wildman–Crippen MR) is 113 cm³/mol. The van der Waals surface area contributed by atoms with Gasteiger partial charge < -0.3 is 5.11 Å². The maximum absolute atomic E-state index is 10.5. The molecule has 2 aromatic carbocycles. The van der Waals surface area contributed by atoms with E-state index >= 15 is 0 Å². The zero-order valence-corrected chi connectivity index (χ0v) is 21.2. The van der Waals surface area contributed by atoms with Crippen LogP contribution < -0.4 is 0 Å². The van der Waals surface area contributed by atoms with Gasteiger partial charge in [-0.05, 0) is 48.9 Å². The van der Waals surface area contributed by atoms with Crippen LogP contribution >= 0.6 is 24.4 Å². The molecule has 1 N–H and O–H groups in total. The molecule has 134 valence electrons. The first-order valence-electron chi connectivity index (χ1n) is 8.01. The number of aromatic hydroxyl groups is 1. The third kappa shape index (κ3) is 7.11. The van der Waals surface area contributed by atoms with Gasteiger partial charge in [0.05, 0.1) is 0 Å². The molecule has 2 nitrogen and oxygen atoms in total. The van der Waals surface area contributed by atoms with Crippen molar-refractivity contribution < 1.29 is 23.6 Å². The Bertz CT molecular complexity index is 752. The van der Waals surface area contributed by atoms with E-state index in [0.29, 0.717) is 5.69 Å². The molecule has 0 bridgehead atoms. The normalized spacial score (nSPS) is 11.2. The Hall–Kier alpha value is -0.247. The van der Waals surface area contributed by atoms with E-state index in [0.717, 1.165) is 16.7 Å². The molecule has 0 spiro atoms. The predicted octanol–water partition coefficient (Wildman–Crippen LogP) is 7.05. The van der Waals surface area contributed by atoms with Gasteiger partial charge in [0.15, 0.2) is 0 Å². The summed E-state index contributed by atoms with van der Waals surface area (Å²) < 4.78 is 0. The molecule has 0 fully saturated rings. The molecule has 0 saturated carbocycles. The summed E-state index contributed by atoms with van der Waals surface area (Å²) in [7, 11) is 0. The van der Waals surface area contributed by atoms with Gasteiger partial charge in [-0.15, -0.1) is 0 Å². The number of hydrogen-bond acceptors (Lipinski definition) is 2. The third-order valence-corrected chi connectivity index (χ3v) is 3.82. The van der Waals surface area contributed by atoms with Crippen LogP contribution in [-0.4, -0.2) is 11.3 Å². The Kier molecular flexibility index (Phi) is 9.28. The molecule has 2 aromatic rings. The van der Waals surface area contributed by atoms with Crippen molar-refractivity contribution in [3.63, 3.8) is 0 Å². The van der Waals surface area contributed by atoms with E-state index in [1.807, 2.05) is 25.3 Å². The van der Waals surface area contributed by atoms with Gasteiger partial charge in [0.25, 0.3) is 0 Å². The zero-order chi connectivity index (χ0) is 19.2. The Morgan fingerprint density at radius 3 is 2.16 bits per heavy atom. The van der Waals surface area contributed by atoms with Crippen molar-refractivity contribution in [2.45, 2.75) is 47.0 Å². The summed E-state index contributed by atoms with van der Waals surface area (Å²) in [6.45, 7) is 12.5. The monoisotopic (exact) mass is 543 g/mol. The molecule has 2 rings (SSSR count). The first-order valence-corrected chi connectivity index (χ1v) is 19.3. The average Bonchev–Trinajstić information content (AvgIpc) is 2.50. The number of halogens is 2.